The van der Waals surface area contributed by atoms with Crippen molar-refractivity contribution in [3.63, 3.8) is 0 Å². The number of methoxy groups -OCH3 is 1. The van der Waals surface area contributed by atoms with E-state index < -0.39 is 11.9 Å². The van der Waals surface area contributed by atoms with Crippen molar-refractivity contribution in [3.05, 3.63) is 47.0 Å². The average molecular weight is 333 g/mol. The second kappa shape index (κ2) is 6.60. The maximum absolute atomic E-state index is 13.6. The molecular formula is C17H20FN3O3. The minimum atomic E-state index is -0.656. The smallest absolute Gasteiger partial charge is 0.258 e. The average Bonchev–Trinajstić information content (AvgIpc) is 2.86. The van der Waals surface area contributed by atoms with Gasteiger partial charge in [0.15, 0.2) is 0 Å². The molecule has 0 bridgehead atoms. The predicted octanol–water partition coefficient (Wildman–Crippen LogP) is 2.13. The number of halogens is 1. The van der Waals surface area contributed by atoms with E-state index in [1.54, 1.807) is 17.9 Å². The van der Waals surface area contributed by atoms with E-state index in [1.807, 2.05) is 4.68 Å². The summed E-state index contributed by atoms with van der Waals surface area (Å²) in [5, 5.41) is 14.0. The van der Waals surface area contributed by atoms with Gasteiger partial charge in [0, 0.05) is 13.1 Å². The van der Waals surface area contributed by atoms with Gasteiger partial charge in [-0.15, -0.1) is 0 Å². The lowest BCUT2D eigenvalue weighted by molar-refractivity contribution is 0.0742. The Bertz CT molecular complexity index is 758. The molecule has 2 aromatic rings. The molecule has 128 valence electrons. The second-order valence-electron chi connectivity index (χ2n) is 5.88. The van der Waals surface area contributed by atoms with Crippen LogP contribution in [0.3, 0.4) is 0 Å². The first-order valence-corrected chi connectivity index (χ1v) is 7.87. The Kier molecular flexibility index (Phi) is 4.53. The maximum Gasteiger partial charge on any atom is 0.258 e. The lowest BCUT2D eigenvalue weighted by Gasteiger charge is -2.21. The highest BCUT2D eigenvalue weighted by Gasteiger charge is 2.24. The molecule has 0 fully saturated rings. The minimum Gasteiger partial charge on any atom is -0.496 e. The van der Waals surface area contributed by atoms with E-state index in [-0.39, 0.29) is 11.5 Å². The predicted molar refractivity (Wildman–Crippen MR) is 85.2 cm³/mol. The molecule has 0 aliphatic carbocycles. The Hall–Kier alpha value is -2.41. The number of amides is 1. The Morgan fingerprint density at radius 1 is 1.38 bits per heavy atom. The summed E-state index contributed by atoms with van der Waals surface area (Å²) in [5.74, 6) is -0.404. The summed E-state index contributed by atoms with van der Waals surface area (Å²) in [6, 6.07) is 5.72. The number of aryl methyl sites for hydroxylation is 1. The van der Waals surface area contributed by atoms with Gasteiger partial charge in [0.2, 0.25) is 0 Å². The molecule has 3 rings (SSSR count). The fraction of sp³-hybridized carbons (Fsp3) is 0.412. The summed E-state index contributed by atoms with van der Waals surface area (Å²) in [4.78, 5) is 14.5. The first-order valence-electron chi connectivity index (χ1n) is 7.87. The van der Waals surface area contributed by atoms with Crippen molar-refractivity contribution in [2.45, 2.75) is 32.5 Å². The molecule has 7 heteroatoms. The van der Waals surface area contributed by atoms with Gasteiger partial charge in [-0.3, -0.25) is 9.48 Å². The van der Waals surface area contributed by atoms with Crippen LogP contribution in [0.25, 0.3) is 0 Å². The number of carbonyl (C=O) groups is 1. The number of ether oxygens (including phenoxy) is 1. The first-order chi connectivity index (χ1) is 11.5. The number of benzene rings is 1. The van der Waals surface area contributed by atoms with Crippen LogP contribution in [-0.2, 0) is 13.1 Å². The normalized spacial score (nSPS) is 15.6. The Balaban J connectivity index is 1.89. The van der Waals surface area contributed by atoms with Gasteiger partial charge in [0.25, 0.3) is 5.91 Å². The largest absolute Gasteiger partial charge is 0.496 e. The molecular weight excluding hydrogens is 313 g/mol. The van der Waals surface area contributed by atoms with Gasteiger partial charge in [0.1, 0.15) is 11.6 Å². The molecule has 1 aliphatic heterocycles. The van der Waals surface area contributed by atoms with Crippen LogP contribution in [0.1, 0.15) is 41.2 Å². The fourth-order valence-electron chi connectivity index (χ4n) is 2.88. The third-order valence-corrected chi connectivity index (χ3v) is 4.14. The van der Waals surface area contributed by atoms with Crippen LogP contribution >= 0.6 is 0 Å². The van der Waals surface area contributed by atoms with Crippen molar-refractivity contribution in [1.82, 2.24) is 14.7 Å². The molecule has 1 aliphatic rings. The summed E-state index contributed by atoms with van der Waals surface area (Å²) >= 11 is 0. The Labute approximate surface area is 139 Å². The van der Waals surface area contributed by atoms with E-state index in [9.17, 15) is 14.3 Å². The Morgan fingerprint density at radius 2 is 2.17 bits per heavy atom. The van der Waals surface area contributed by atoms with Crippen molar-refractivity contribution in [3.8, 4) is 5.75 Å². The zero-order valence-corrected chi connectivity index (χ0v) is 13.7. The van der Waals surface area contributed by atoms with Crippen LogP contribution < -0.4 is 4.74 Å². The monoisotopic (exact) mass is 333 g/mol. The number of fused-ring (bicyclic) bond motifs is 1. The molecule has 0 saturated heterocycles. The second-order valence-corrected chi connectivity index (χ2v) is 5.88. The maximum atomic E-state index is 13.6. The van der Waals surface area contributed by atoms with Crippen molar-refractivity contribution >= 4 is 5.91 Å². The molecule has 1 aromatic heterocycles. The standard InChI is InChI=1S/C17H20FN3O3/c1-11(22)15-9-13-10-20(6-3-7-21(13)19-15)17(23)14-8-12(18)4-5-16(14)24-2/h4-5,8-9,11,22H,3,6-7,10H2,1-2H3/t11-/m0/s1. The summed E-state index contributed by atoms with van der Waals surface area (Å²) in [7, 11) is 1.45. The zero-order valence-electron chi connectivity index (χ0n) is 13.7. The van der Waals surface area contributed by atoms with Crippen molar-refractivity contribution < 1.29 is 19.0 Å². The summed E-state index contributed by atoms with van der Waals surface area (Å²) < 4.78 is 20.6. The molecule has 1 amide bonds. The molecule has 1 aromatic carbocycles. The van der Waals surface area contributed by atoms with Crippen LogP contribution in [-0.4, -0.2) is 39.3 Å². The number of nitrogens with zero attached hydrogens (tertiary/aromatic N) is 3. The van der Waals surface area contributed by atoms with E-state index in [2.05, 4.69) is 5.10 Å². The Morgan fingerprint density at radius 3 is 2.88 bits per heavy atom. The van der Waals surface area contributed by atoms with Gasteiger partial charge in [-0.05, 0) is 37.6 Å². The molecule has 0 radical (unpaired) electrons. The molecule has 0 spiro atoms. The van der Waals surface area contributed by atoms with Crippen LogP contribution in [0.2, 0.25) is 0 Å². The van der Waals surface area contributed by atoms with Crippen LogP contribution in [0, 0.1) is 5.82 Å². The highest BCUT2D eigenvalue weighted by molar-refractivity contribution is 5.97. The number of rotatable bonds is 3. The minimum absolute atomic E-state index is 0.209. The third-order valence-electron chi connectivity index (χ3n) is 4.14. The van der Waals surface area contributed by atoms with Gasteiger partial charge in [0.05, 0.1) is 36.7 Å². The summed E-state index contributed by atoms with van der Waals surface area (Å²) in [6.07, 6.45) is 0.0778. The van der Waals surface area contributed by atoms with Crippen LogP contribution in [0.5, 0.6) is 5.75 Å². The van der Waals surface area contributed by atoms with Crippen LogP contribution in [0.15, 0.2) is 24.3 Å². The van der Waals surface area contributed by atoms with Gasteiger partial charge in [-0.1, -0.05) is 0 Å². The number of aromatic nitrogens is 2. The molecule has 2 heterocycles. The lowest BCUT2D eigenvalue weighted by atomic mass is 10.1. The lowest BCUT2D eigenvalue weighted by Crippen LogP contribution is -2.31. The first kappa shape index (κ1) is 16.4. The molecule has 0 unspecified atom stereocenters. The van der Waals surface area contributed by atoms with Gasteiger partial charge < -0.3 is 14.7 Å². The van der Waals surface area contributed by atoms with E-state index in [4.69, 9.17) is 4.74 Å². The van der Waals surface area contributed by atoms with E-state index in [1.165, 1.54) is 25.3 Å². The number of carbonyl (C=O) groups excluding carboxylic acids is 1. The highest BCUT2D eigenvalue weighted by atomic mass is 19.1. The quantitative estimate of drug-likeness (QED) is 0.934. The van der Waals surface area contributed by atoms with E-state index >= 15 is 0 Å². The van der Waals surface area contributed by atoms with Crippen molar-refractivity contribution in [2.75, 3.05) is 13.7 Å². The highest BCUT2D eigenvalue weighted by Crippen LogP contribution is 2.24. The fourth-order valence-corrected chi connectivity index (χ4v) is 2.88. The van der Waals surface area contributed by atoms with Gasteiger partial charge in [-0.2, -0.15) is 5.10 Å². The zero-order chi connectivity index (χ0) is 17.3. The van der Waals surface area contributed by atoms with Crippen LogP contribution in [0.4, 0.5) is 4.39 Å². The summed E-state index contributed by atoms with van der Waals surface area (Å²) in [6.45, 7) is 3.24. The molecule has 24 heavy (non-hydrogen) atoms. The molecule has 0 saturated carbocycles. The molecule has 1 N–H and O–H groups in total. The third kappa shape index (κ3) is 3.12. The number of aliphatic hydroxyl groups is 1. The van der Waals surface area contributed by atoms with Gasteiger partial charge in [-0.25, -0.2) is 4.39 Å². The topological polar surface area (TPSA) is 67.6 Å². The van der Waals surface area contributed by atoms with E-state index in [0.29, 0.717) is 31.1 Å². The van der Waals surface area contributed by atoms with E-state index in [0.717, 1.165) is 12.1 Å². The SMILES string of the molecule is COc1ccc(F)cc1C(=O)N1CCCn2nc([C@H](C)O)cc2C1. The number of hydrogen-bond acceptors (Lipinski definition) is 4. The molecule has 6 nitrogen and oxygen atoms in total. The van der Waals surface area contributed by atoms with Crippen molar-refractivity contribution in [1.29, 1.82) is 0 Å². The molecule has 1 atom stereocenters. The van der Waals surface area contributed by atoms with Crippen molar-refractivity contribution in [2.24, 2.45) is 0 Å². The summed E-state index contributed by atoms with van der Waals surface area (Å²) in [5.41, 5.74) is 1.65. The van der Waals surface area contributed by atoms with Gasteiger partial charge >= 0.3 is 0 Å². The number of hydrogen-bond donors (Lipinski definition) is 1. The number of aliphatic hydroxyl groups excluding tert-OH is 1.